The first-order chi connectivity index (χ1) is 8.08. The van der Waals surface area contributed by atoms with Gasteiger partial charge in [-0.15, -0.1) is 0 Å². The minimum Gasteiger partial charge on any atom is -0.478 e. The number of anilines is 1. The van der Waals surface area contributed by atoms with Crippen molar-refractivity contribution in [3.8, 4) is 0 Å². The maximum Gasteiger partial charge on any atom is 0.336 e. The number of hydrogen-bond acceptors (Lipinski definition) is 3. The van der Waals surface area contributed by atoms with Crippen LogP contribution < -0.4 is 5.32 Å². The molecule has 0 spiro atoms. The molecule has 0 radical (unpaired) electrons. The monoisotopic (exact) mass is 230 g/mol. The van der Waals surface area contributed by atoms with Crippen LogP contribution in [0.25, 0.3) is 10.9 Å². The minimum atomic E-state index is -1.02. The first kappa shape index (κ1) is 11.1. The fourth-order valence-corrected chi connectivity index (χ4v) is 1.61. The number of hydrogen-bond donors (Lipinski definition) is 2. The van der Waals surface area contributed by atoms with Crippen molar-refractivity contribution in [1.82, 2.24) is 4.98 Å². The quantitative estimate of drug-likeness (QED) is 0.825. The molecule has 17 heavy (non-hydrogen) atoms. The second kappa shape index (κ2) is 4.21. The molecule has 0 aliphatic rings. The number of fused-ring (bicyclic) bond motifs is 1. The molecule has 1 heterocycles. The van der Waals surface area contributed by atoms with Crippen LogP contribution in [0.5, 0.6) is 0 Å². The molecule has 86 valence electrons. The molecule has 0 saturated heterocycles. The zero-order valence-corrected chi connectivity index (χ0v) is 9.10. The maximum atomic E-state index is 11.0. The topological polar surface area (TPSA) is 79.3 Å². The number of carboxylic acid groups (broad SMARTS) is 1. The Morgan fingerprint density at radius 3 is 2.71 bits per heavy atom. The molecule has 1 aromatic carbocycles. The second-order valence-corrected chi connectivity index (χ2v) is 3.58. The molecule has 2 N–H and O–H groups in total. The average Bonchev–Trinajstić information content (AvgIpc) is 2.27. The lowest BCUT2D eigenvalue weighted by molar-refractivity contribution is -0.114. The lowest BCUT2D eigenvalue weighted by atomic mass is 10.1. The highest BCUT2D eigenvalue weighted by molar-refractivity contribution is 6.04. The molecule has 0 bridgehead atoms. The predicted octanol–water partition coefficient (Wildman–Crippen LogP) is 1.89. The predicted molar refractivity (Wildman–Crippen MR) is 63.0 cm³/mol. The maximum absolute atomic E-state index is 11.0. The van der Waals surface area contributed by atoms with E-state index in [1.54, 1.807) is 18.2 Å². The highest BCUT2D eigenvalue weighted by Gasteiger charge is 2.09. The summed E-state index contributed by atoms with van der Waals surface area (Å²) in [6.07, 6.45) is 1.45. The third kappa shape index (κ3) is 2.23. The Balaban J connectivity index is 2.61. The SMILES string of the molecule is CC(=O)Nc1ccc2nccc(C(=O)O)c2c1. The van der Waals surface area contributed by atoms with Gasteiger partial charge in [-0.3, -0.25) is 9.78 Å². The van der Waals surface area contributed by atoms with Crippen LogP contribution in [0.3, 0.4) is 0 Å². The number of rotatable bonds is 2. The fourth-order valence-electron chi connectivity index (χ4n) is 1.61. The number of carboxylic acids is 1. The van der Waals surface area contributed by atoms with Crippen LogP contribution in [0.15, 0.2) is 30.5 Å². The van der Waals surface area contributed by atoms with Crippen molar-refractivity contribution in [2.24, 2.45) is 0 Å². The molecule has 0 aliphatic carbocycles. The summed E-state index contributed by atoms with van der Waals surface area (Å²) in [5.74, 6) is -1.22. The lowest BCUT2D eigenvalue weighted by Gasteiger charge is -2.05. The Kier molecular flexibility index (Phi) is 2.74. The molecular weight excluding hydrogens is 220 g/mol. The number of carbonyl (C=O) groups excluding carboxylic acids is 1. The number of amides is 1. The first-order valence-corrected chi connectivity index (χ1v) is 4.97. The Bertz CT molecular complexity index is 608. The van der Waals surface area contributed by atoms with Gasteiger partial charge in [-0.05, 0) is 24.3 Å². The molecular formula is C12H10N2O3. The molecule has 2 rings (SSSR count). The Hall–Kier alpha value is -2.43. The normalized spacial score (nSPS) is 10.2. The Labute approximate surface area is 97.1 Å². The summed E-state index contributed by atoms with van der Waals surface area (Å²) in [6.45, 7) is 1.39. The number of benzene rings is 1. The van der Waals surface area contributed by atoms with E-state index >= 15 is 0 Å². The van der Waals surface area contributed by atoms with Crippen molar-refractivity contribution in [2.45, 2.75) is 6.92 Å². The standard InChI is InChI=1S/C12H10N2O3/c1-7(15)14-8-2-3-11-10(6-8)9(12(16)17)4-5-13-11/h2-6H,1H3,(H,14,15)(H,16,17). The molecule has 1 amide bonds. The number of nitrogens with zero attached hydrogens (tertiary/aromatic N) is 1. The summed E-state index contributed by atoms with van der Waals surface area (Å²) in [4.78, 5) is 26.0. The van der Waals surface area contributed by atoms with E-state index in [2.05, 4.69) is 10.3 Å². The van der Waals surface area contributed by atoms with Gasteiger partial charge < -0.3 is 10.4 Å². The van der Waals surface area contributed by atoms with E-state index in [1.165, 1.54) is 19.2 Å². The fraction of sp³-hybridized carbons (Fsp3) is 0.0833. The molecule has 0 unspecified atom stereocenters. The van der Waals surface area contributed by atoms with E-state index in [-0.39, 0.29) is 11.5 Å². The zero-order valence-electron chi connectivity index (χ0n) is 9.10. The third-order valence-corrected chi connectivity index (χ3v) is 2.29. The van der Waals surface area contributed by atoms with Crippen molar-refractivity contribution in [3.05, 3.63) is 36.0 Å². The number of pyridine rings is 1. The number of aromatic nitrogens is 1. The van der Waals surface area contributed by atoms with Crippen molar-refractivity contribution in [2.75, 3.05) is 5.32 Å². The van der Waals surface area contributed by atoms with E-state index in [0.717, 1.165) is 0 Å². The molecule has 0 saturated carbocycles. The van der Waals surface area contributed by atoms with Gasteiger partial charge in [0.15, 0.2) is 0 Å². The van der Waals surface area contributed by atoms with Gasteiger partial charge in [-0.1, -0.05) is 0 Å². The number of aromatic carboxylic acids is 1. The van der Waals surface area contributed by atoms with Crippen LogP contribution in [0, 0.1) is 0 Å². The molecule has 1 aromatic heterocycles. The van der Waals surface area contributed by atoms with Gasteiger partial charge in [0.2, 0.25) is 5.91 Å². The van der Waals surface area contributed by atoms with Crippen molar-refractivity contribution in [3.63, 3.8) is 0 Å². The molecule has 0 atom stereocenters. The highest BCUT2D eigenvalue weighted by atomic mass is 16.4. The van der Waals surface area contributed by atoms with E-state index in [1.807, 2.05) is 0 Å². The third-order valence-electron chi connectivity index (χ3n) is 2.29. The highest BCUT2D eigenvalue weighted by Crippen LogP contribution is 2.21. The van der Waals surface area contributed by atoms with Crippen LogP contribution in [-0.2, 0) is 4.79 Å². The average molecular weight is 230 g/mol. The summed E-state index contributed by atoms with van der Waals surface area (Å²) in [5, 5.41) is 12.1. The largest absolute Gasteiger partial charge is 0.478 e. The van der Waals surface area contributed by atoms with Crippen LogP contribution in [0.4, 0.5) is 5.69 Å². The van der Waals surface area contributed by atoms with Crippen molar-refractivity contribution >= 4 is 28.5 Å². The lowest BCUT2D eigenvalue weighted by Crippen LogP contribution is -2.06. The summed E-state index contributed by atoms with van der Waals surface area (Å²) >= 11 is 0. The van der Waals surface area contributed by atoms with Crippen LogP contribution in [0.2, 0.25) is 0 Å². The Morgan fingerprint density at radius 2 is 2.06 bits per heavy atom. The first-order valence-electron chi connectivity index (χ1n) is 4.97. The summed E-state index contributed by atoms with van der Waals surface area (Å²) in [5.41, 5.74) is 1.31. The molecule has 5 nitrogen and oxygen atoms in total. The zero-order chi connectivity index (χ0) is 12.4. The van der Waals surface area contributed by atoms with Gasteiger partial charge in [-0.25, -0.2) is 4.79 Å². The van der Waals surface area contributed by atoms with Crippen LogP contribution in [-0.4, -0.2) is 22.0 Å². The van der Waals surface area contributed by atoms with Gasteiger partial charge >= 0.3 is 5.97 Å². The molecule has 0 aliphatic heterocycles. The number of nitrogens with one attached hydrogen (secondary N) is 1. The Morgan fingerprint density at radius 1 is 1.29 bits per heavy atom. The van der Waals surface area contributed by atoms with Crippen molar-refractivity contribution in [1.29, 1.82) is 0 Å². The summed E-state index contributed by atoms with van der Waals surface area (Å²) in [6, 6.07) is 6.39. The molecule has 2 aromatic rings. The van der Waals surface area contributed by atoms with Gasteiger partial charge in [0.05, 0.1) is 11.1 Å². The van der Waals surface area contributed by atoms with E-state index in [4.69, 9.17) is 5.11 Å². The van der Waals surface area contributed by atoms with Gasteiger partial charge in [-0.2, -0.15) is 0 Å². The van der Waals surface area contributed by atoms with E-state index < -0.39 is 5.97 Å². The smallest absolute Gasteiger partial charge is 0.336 e. The van der Waals surface area contributed by atoms with Gasteiger partial charge in [0.1, 0.15) is 0 Å². The van der Waals surface area contributed by atoms with Gasteiger partial charge in [0.25, 0.3) is 0 Å². The van der Waals surface area contributed by atoms with Gasteiger partial charge in [0, 0.05) is 24.2 Å². The minimum absolute atomic E-state index is 0.169. The second-order valence-electron chi connectivity index (χ2n) is 3.58. The molecule has 5 heteroatoms. The van der Waals surface area contributed by atoms with Crippen molar-refractivity contribution < 1.29 is 14.7 Å². The van der Waals surface area contributed by atoms with E-state index in [0.29, 0.717) is 16.6 Å². The summed E-state index contributed by atoms with van der Waals surface area (Å²) in [7, 11) is 0. The van der Waals surface area contributed by atoms with Crippen LogP contribution in [0.1, 0.15) is 17.3 Å². The van der Waals surface area contributed by atoms with Crippen LogP contribution >= 0.6 is 0 Å². The van der Waals surface area contributed by atoms with E-state index in [9.17, 15) is 9.59 Å². The summed E-state index contributed by atoms with van der Waals surface area (Å²) < 4.78 is 0. The molecule has 0 fully saturated rings. The number of carbonyl (C=O) groups is 2.